The van der Waals surface area contributed by atoms with E-state index in [9.17, 15) is 4.79 Å². The van der Waals surface area contributed by atoms with Gasteiger partial charge in [0.25, 0.3) is 5.91 Å². The minimum Gasteiger partial charge on any atom is -0.321 e. The number of amides is 1. The fourth-order valence-corrected chi connectivity index (χ4v) is 2.32. The Kier molecular flexibility index (Phi) is 3.43. The number of nitrogens with one attached hydrogen (secondary N) is 1. The maximum absolute atomic E-state index is 12.2. The number of nitrogens with zero attached hydrogens (tertiary/aromatic N) is 2. The number of carbonyl (C=O) groups is 1. The van der Waals surface area contributed by atoms with Crippen molar-refractivity contribution in [3.8, 4) is 0 Å². The molecule has 0 spiro atoms. The first-order valence-electron chi connectivity index (χ1n) is 6.01. The van der Waals surface area contributed by atoms with Crippen LogP contribution in [0.25, 0.3) is 10.9 Å². The zero-order chi connectivity index (χ0) is 13.9. The highest BCUT2D eigenvalue weighted by atomic mass is 79.9. The van der Waals surface area contributed by atoms with Gasteiger partial charge < -0.3 is 5.32 Å². The van der Waals surface area contributed by atoms with Gasteiger partial charge in [0, 0.05) is 23.3 Å². The third-order valence-corrected chi connectivity index (χ3v) is 3.32. The van der Waals surface area contributed by atoms with E-state index in [1.54, 1.807) is 24.5 Å². The Hall–Kier alpha value is -2.27. The first-order valence-corrected chi connectivity index (χ1v) is 6.80. The van der Waals surface area contributed by atoms with E-state index in [4.69, 9.17) is 0 Å². The van der Waals surface area contributed by atoms with Gasteiger partial charge in [0.15, 0.2) is 0 Å². The van der Waals surface area contributed by atoms with E-state index < -0.39 is 0 Å². The summed E-state index contributed by atoms with van der Waals surface area (Å²) in [7, 11) is 0. The van der Waals surface area contributed by atoms with Crippen molar-refractivity contribution in [3.63, 3.8) is 0 Å². The number of pyridine rings is 2. The number of carbonyl (C=O) groups excluding carboxylic acids is 1. The summed E-state index contributed by atoms with van der Waals surface area (Å²) in [6, 6.07) is 12.8. The second-order valence-electron chi connectivity index (χ2n) is 4.20. The Morgan fingerprint density at radius 2 is 1.95 bits per heavy atom. The zero-order valence-electron chi connectivity index (χ0n) is 10.4. The summed E-state index contributed by atoms with van der Waals surface area (Å²) in [6.07, 6.45) is 3.32. The van der Waals surface area contributed by atoms with E-state index in [-0.39, 0.29) is 5.91 Å². The van der Waals surface area contributed by atoms with Crippen molar-refractivity contribution < 1.29 is 4.79 Å². The Morgan fingerprint density at radius 3 is 2.80 bits per heavy atom. The summed E-state index contributed by atoms with van der Waals surface area (Å²) in [6.45, 7) is 0. The fraction of sp³-hybridized carbons (Fsp3) is 0. The van der Waals surface area contributed by atoms with Gasteiger partial charge in [0.2, 0.25) is 0 Å². The van der Waals surface area contributed by atoms with Gasteiger partial charge in [-0.2, -0.15) is 0 Å². The predicted octanol–water partition coefficient (Wildman–Crippen LogP) is 3.64. The third-order valence-electron chi connectivity index (χ3n) is 2.88. The molecule has 1 aromatic carbocycles. The molecule has 3 aromatic rings. The molecule has 4 nitrogen and oxygen atoms in total. The largest absolute Gasteiger partial charge is 0.321 e. The van der Waals surface area contributed by atoms with E-state index in [1.807, 2.05) is 30.3 Å². The van der Waals surface area contributed by atoms with Gasteiger partial charge in [-0.1, -0.05) is 6.07 Å². The highest BCUT2D eigenvalue weighted by Gasteiger charge is 2.09. The van der Waals surface area contributed by atoms with Crippen LogP contribution in [0.5, 0.6) is 0 Å². The Balaban J connectivity index is 1.95. The lowest BCUT2D eigenvalue weighted by Crippen LogP contribution is -2.12. The molecule has 1 amide bonds. The van der Waals surface area contributed by atoms with Crippen molar-refractivity contribution in [1.82, 2.24) is 9.97 Å². The lowest BCUT2D eigenvalue weighted by molar-refractivity contribution is 0.102. The van der Waals surface area contributed by atoms with E-state index in [0.29, 0.717) is 10.2 Å². The maximum Gasteiger partial charge on any atom is 0.255 e. The number of anilines is 1. The van der Waals surface area contributed by atoms with Crippen LogP contribution in [0.1, 0.15) is 10.4 Å². The first kappa shape index (κ1) is 12.7. The average molecular weight is 328 g/mol. The molecule has 0 saturated heterocycles. The quantitative estimate of drug-likeness (QED) is 0.731. The van der Waals surface area contributed by atoms with Gasteiger partial charge in [-0.25, -0.2) is 4.98 Å². The smallest absolute Gasteiger partial charge is 0.255 e. The monoisotopic (exact) mass is 327 g/mol. The molecular weight excluding hydrogens is 318 g/mol. The molecule has 3 rings (SSSR count). The summed E-state index contributed by atoms with van der Waals surface area (Å²) < 4.78 is 0.629. The average Bonchev–Trinajstić information content (AvgIpc) is 2.47. The van der Waals surface area contributed by atoms with Crippen molar-refractivity contribution in [3.05, 3.63) is 65.0 Å². The van der Waals surface area contributed by atoms with Crippen molar-refractivity contribution in [2.24, 2.45) is 0 Å². The molecule has 0 aliphatic heterocycles. The minimum atomic E-state index is -0.176. The third kappa shape index (κ3) is 2.53. The lowest BCUT2D eigenvalue weighted by Gasteiger charge is -2.08. The molecule has 0 radical (unpaired) electrons. The summed E-state index contributed by atoms with van der Waals surface area (Å²) in [5.41, 5.74) is 2.14. The summed E-state index contributed by atoms with van der Waals surface area (Å²) in [4.78, 5) is 20.5. The normalized spacial score (nSPS) is 10.4. The van der Waals surface area contributed by atoms with Crippen molar-refractivity contribution in [2.75, 3.05) is 5.32 Å². The van der Waals surface area contributed by atoms with Crippen LogP contribution in [0.2, 0.25) is 0 Å². The molecule has 0 unspecified atom stereocenters. The molecule has 98 valence electrons. The van der Waals surface area contributed by atoms with Crippen LogP contribution in [0, 0.1) is 0 Å². The molecule has 0 bridgehead atoms. The predicted molar refractivity (Wildman–Crippen MR) is 81.6 cm³/mol. The van der Waals surface area contributed by atoms with Crippen LogP contribution >= 0.6 is 15.9 Å². The molecule has 2 aromatic heterocycles. The minimum absolute atomic E-state index is 0.176. The molecule has 20 heavy (non-hydrogen) atoms. The van der Waals surface area contributed by atoms with Gasteiger partial charge in [-0.15, -0.1) is 0 Å². The first-order chi connectivity index (χ1) is 9.74. The highest BCUT2D eigenvalue weighted by molar-refractivity contribution is 9.10. The van der Waals surface area contributed by atoms with Crippen LogP contribution in [0.15, 0.2) is 59.5 Å². The van der Waals surface area contributed by atoms with Gasteiger partial charge in [0.1, 0.15) is 4.60 Å². The van der Waals surface area contributed by atoms with Crippen molar-refractivity contribution in [1.29, 1.82) is 0 Å². The summed E-state index contributed by atoms with van der Waals surface area (Å²) in [5.74, 6) is -0.176. The standard InChI is InChI=1S/C15H10BrN3O/c16-14-9-10(6-8-18-14)15(20)19-13-5-1-4-12-11(13)3-2-7-17-12/h1-9H,(H,19,20). The highest BCUT2D eigenvalue weighted by Crippen LogP contribution is 2.22. The van der Waals surface area contributed by atoms with Crippen LogP contribution in [0.4, 0.5) is 5.69 Å². The molecular formula is C15H10BrN3O. The molecule has 1 N–H and O–H groups in total. The number of hydrogen-bond acceptors (Lipinski definition) is 3. The number of fused-ring (bicyclic) bond motifs is 1. The molecule has 0 fully saturated rings. The Labute approximate surface area is 124 Å². The molecule has 0 atom stereocenters. The van der Waals surface area contributed by atoms with Crippen LogP contribution in [-0.2, 0) is 0 Å². The Morgan fingerprint density at radius 1 is 1.05 bits per heavy atom. The van der Waals surface area contributed by atoms with Crippen LogP contribution < -0.4 is 5.32 Å². The molecule has 2 heterocycles. The molecule has 5 heteroatoms. The molecule has 0 aliphatic carbocycles. The summed E-state index contributed by atoms with van der Waals surface area (Å²) >= 11 is 3.25. The SMILES string of the molecule is O=C(Nc1cccc2ncccc12)c1ccnc(Br)c1. The van der Waals surface area contributed by atoms with Gasteiger partial charge in [-0.3, -0.25) is 9.78 Å². The fourth-order valence-electron chi connectivity index (χ4n) is 1.95. The number of halogens is 1. The van der Waals surface area contributed by atoms with E-state index >= 15 is 0 Å². The maximum atomic E-state index is 12.2. The molecule has 0 aliphatic rings. The van der Waals surface area contributed by atoms with Gasteiger partial charge in [0.05, 0.1) is 11.2 Å². The lowest BCUT2D eigenvalue weighted by atomic mass is 10.1. The number of rotatable bonds is 2. The number of benzene rings is 1. The number of hydrogen-bond donors (Lipinski definition) is 1. The summed E-state index contributed by atoms with van der Waals surface area (Å²) in [5, 5.41) is 3.81. The van der Waals surface area contributed by atoms with E-state index in [2.05, 4.69) is 31.2 Å². The van der Waals surface area contributed by atoms with Crippen molar-refractivity contribution in [2.45, 2.75) is 0 Å². The van der Waals surface area contributed by atoms with Crippen molar-refractivity contribution >= 4 is 38.4 Å². The second kappa shape index (κ2) is 5.38. The Bertz CT molecular complexity index is 783. The van der Waals surface area contributed by atoms with Crippen LogP contribution in [-0.4, -0.2) is 15.9 Å². The van der Waals surface area contributed by atoms with Crippen LogP contribution in [0.3, 0.4) is 0 Å². The number of aromatic nitrogens is 2. The second-order valence-corrected chi connectivity index (χ2v) is 5.01. The van der Waals surface area contributed by atoms with Gasteiger partial charge in [-0.05, 0) is 52.3 Å². The molecule has 0 saturated carbocycles. The van der Waals surface area contributed by atoms with E-state index in [1.165, 1.54) is 0 Å². The van der Waals surface area contributed by atoms with E-state index in [0.717, 1.165) is 16.6 Å². The van der Waals surface area contributed by atoms with Gasteiger partial charge >= 0.3 is 0 Å². The zero-order valence-corrected chi connectivity index (χ0v) is 12.0. The topological polar surface area (TPSA) is 54.9 Å².